The molecule has 148 valence electrons. The Morgan fingerprint density at radius 1 is 1.29 bits per heavy atom. The van der Waals surface area contributed by atoms with Crippen LogP contribution in [0.4, 0.5) is 0 Å². The van der Waals surface area contributed by atoms with Gasteiger partial charge >= 0.3 is 0 Å². The van der Waals surface area contributed by atoms with Crippen LogP contribution in [0.25, 0.3) is 0 Å². The summed E-state index contributed by atoms with van der Waals surface area (Å²) in [5.41, 5.74) is 1.83. The average molecular weight is 402 g/mol. The van der Waals surface area contributed by atoms with Crippen LogP contribution in [0.5, 0.6) is 0 Å². The van der Waals surface area contributed by atoms with Crippen molar-refractivity contribution in [2.24, 2.45) is 0 Å². The Kier molecular flexibility index (Phi) is 4.63. The Hall–Kier alpha value is -1.93. The number of halogens is 1. The number of likely N-dealkylation sites (tertiary alicyclic amines) is 1. The molecule has 0 bridgehead atoms. The minimum Gasteiger partial charge on any atom is -0.378 e. The van der Waals surface area contributed by atoms with Crippen molar-refractivity contribution >= 4 is 17.5 Å². The van der Waals surface area contributed by atoms with Gasteiger partial charge in [-0.2, -0.15) is 0 Å². The number of benzene rings is 1. The third-order valence-electron chi connectivity index (χ3n) is 6.12. The monoisotopic (exact) mass is 401 g/mol. The van der Waals surface area contributed by atoms with Crippen LogP contribution >= 0.6 is 11.6 Å². The Morgan fingerprint density at radius 2 is 2.11 bits per heavy atom. The summed E-state index contributed by atoms with van der Waals surface area (Å²) in [6.07, 6.45) is 3.59. The van der Waals surface area contributed by atoms with E-state index in [0.29, 0.717) is 23.7 Å². The van der Waals surface area contributed by atoms with Crippen molar-refractivity contribution in [2.75, 3.05) is 45.9 Å². The minimum atomic E-state index is 0.00873. The number of nitrogens with one attached hydrogen (secondary N) is 1. The molecule has 1 atom stereocenters. The second-order valence-corrected chi connectivity index (χ2v) is 8.50. The van der Waals surface area contributed by atoms with Gasteiger partial charge in [0.2, 0.25) is 0 Å². The van der Waals surface area contributed by atoms with Crippen molar-refractivity contribution in [3.05, 3.63) is 53.1 Å². The normalized spacial score (nSPS) is 24.8. The second-order valence-electron chi connectivity index (χ2n) is 8.06. The molecule has 0 saturated carbocycles. The summed E-state index contributed by atoms with van der Waals surface area (Å²) in [5, 5.41) is 0.645. The van der Waals surface area contributed by atoms with Crippen LogP contribution < -0.4 is 0 Å². The highest BCUT2D eigenvalue weighted by Gasteiger charge is 2.54. The van der Waals surface area contributed by atoms with Crippen LogP contribution in [0.15, 0.2) is 36.8 Å². The van der Waals surface area contributed by atoms with Crippen molar-refractivity contribution in [1.29, 1.82) is 0 Å². The molecule has 8 heteroatoms. The lowest BCUT2D eigenvalue weighted by Gasteiger charge is -2.63. The van der Waals surface area contributed by atoms with E-state index in [1.54, 1.807) is 18.5 Å². The molecule has 1 aromatic heterocycles. The lowest BCUT2D eigenvalue weighted by atomic mass is 9.82. The molecule has 7 nitrogen and oxygen atoms in total. The molecule has 1 unspecified atom stereocenters. The van der Waals surface area contributed by atoms with E-state index in [9.17, 15) is 4.79 Å². The smallest absolute Gasteiger partial charge is 0.253 e. The summed E-state index contributed by atoms with van der Waals surface area (Å²) in [6, 6.07) is 7.44. The summed E-state index contributed by atoms with van der Waals surface area (Å²) in [6.45, 7) is 6.62. The van der Waals surface area contributed by atoms with Gasteiger partial charge in [0.25, 0.3) is 5.91 Å². The molecule has 3 fully saturated rings. The molecular weight excluding hydrogens is 378 g/mol. The molecule has 4 heterocycles. The molecule has 1 amide bonds. The largest absolute Gasteiger partial charge is 0.378 e. The van der Waals surface area contributed by atoms with E-state index < -0.39 is 0 Å². The summed E-state index contributed by atoms with van der Waals surface area (Å²) in [5.74, 6) is 0.0771. The number of amides is 1. The fourth-order valence-corrected chi connectivity index (χ4v) is 5.04. The van der Waals surface area contributed by atoms with Crippen LogP contribution in [0, 0.1) is 0 Å². The van der Waals surface area contributed by atoms with E-state index in [-0.39, 0.29) is 17.5 Å². The number of carbonyl (C=O) groups is 1. The van der Waals surface area contributed by atoms with Gasteiger partial charge < -0.3 is 14.6 Å². The SMILES string of the molecule is O=C(c1ccc(Cl)cc1)N1CC2COCCN2C2(CN(Cc3cnc[nH]3)C2)C1. The highest BCUT2D eigenvalue weighted by Crippen LogP contribution is 2.36. The summed E-state index contributed by atoms with van der Waals surface area (Å²) in [7, 11) is 0. The van der Waals surface area contributed by atoms with Crippen LogP contribution in [0.2, 0.25) is 5.02 Å². The third kappa shape index (κ3) is 3.22. The molecule has 3 aliphatic heterocycles. The molecule has 2 aromatic rings. The number of hydrogen-bond acceptors (Lipinski definition) is 5. The third-order valence-corrected chi connectivity index (χ3v) is 6.37. The number of carbonyl (C=O) groups excluding carboxylic acids is 1. The highest BCUT2D eigenvalue weighted by molar-refractivity contribution is 6.30. The predicted molar refractivity (Wildman–Crippen MR) is 105 cm³/mol. The Bertz CT molecular complexity index is 835. The maximum Gasteiger partial charge on any atom is 0.253 e. The van der Waals surface area contributed by atoms with E-state index in [1.165, 1.54) is 0 Å². The molecule has 1 aromatic carbocycles. The summed E-state index contributed by atoms with van der Waals surface area (Å²) in [4.78, 5) is 27.4. The molecule has 3 aliphatic rings. The van der Waals surface area contributed by atoms with E-state index in [1.807, 2.05) is 23.2 Å². The molecule has 0 aliphatic carbocycles. The molecular formula is C20H24ClN5O2. The van der Waals surface area contributed by atoms with Gasteiger partial charge in [-0.25, -0.2) is 4.98 Å². The molecule has 28 heavy (non-hydrogen) atoms. The minimum absolute atomic E-state index is 0.00873. The van der Waals surface area contributed by atoms with E-state index in [4.69, 9.17) is 16.3 Å². The summed E-state index contributed by atoms with van der Waals surface area (Å²) >= 11 is 5.98. The van der Waals surface area contributed by atoms with Gasteiger partial charge in [0.15, 0.2) is 0 Å². The van der Waals surface area contributed by atoms with E-state index in [0.717, 1.165) is 45.0 Å². The first-order valence-electron chi connectivity index (χ1n) is 9.72. The van der Waals surface area contributed by atoms with Gasteiger partial charge in [0.05, 0.1) is 31.1 Å². The fraction of sp³-hybridized carbons (Fsp3) is 0.500. The van der Waals surface area contributed by atoms with Gasteiger partial charge in [-0.15, -0.1) is 0 Å². The average Bonchev–Trinajstić information content (AvgIpc) is 3.20. The van der Waals surface area contributed by atoms with Gasteiger partial charge in [0.1, 0.15) is 0 Å². The fourth-order valence-electron chi connectivity index (χ4n) is 4.92. The lowest BCUT2D eigenvalue weighted by molar-refractivity contribution is -0.160. The van der Waals surface area contributed by atoms with Gasteiger partial charge in [-0.3, -0.25) is 14.6 Å². The van der Waals surface area contributed by atoms with Crippen molar-refractivity contribution < 1.29 is 9.53 Å². The van der Waals surface area contributed by atoms with Crippen LogP contribution in [0.1, 0.15) is 16.1 Å². The number of piperazine rings is 1. The first kappa shape index (κ1) is 18.1. The maximum absolute atomic E-state index is 13.1. The standard InChI is InChI=1S/C20H24ClN5O2/c21-16-3-1-15(2-4-16)19(27)25-9-18-10-28-6-5-26(18)20(13-25)11-24(12-20)8-17-7-22-14-23-17/h1-4,7,14,18H,5-6,8-13H2,(H,22,23). The predicted octanol–water partition coefficient (Wildman–Crippen LogP) is 1.47. The molecule has 3 saturated heterocycles. The Balaban J connectivity index is 1.34. The Labute approximate surface area is 169 Å². The number of ether oxygens (including phenoxy) is 1. The number of rotatable bonds is 3. The van der Waals surface area contributed by atoms with Crippen LogP contribution in [-0.2, 0) is 11.3 Å². The number of nitrogens with zero attached hydrogens (tertiary/aromatic N) is 4. The lowest BCUT2D eigenvalue weighted by Crippen LogP contribution is -2.80. The van der Waals surface area contributed by atoms with Crippen LogP contribution in [-0.4, -0.2) is 88.1 Å². The van der Waals surface area contributed by atoms with Crippen molar-refractivity contribution in [3.63, 3.8) is 0 Å². The zero-order valence-corrected chi connectivity index (χ0v) is 16.4. The quantitative estimate of drug-likeness (QED) is 0.843. The number of fused-ring (bicyclic) bond motifs is 2. The molecule has 5 rings (SSSR count). The van der Waals surface area contributed by atoms with Gasteiger partial charge in [0, 0.05) is 61.7 Å². The number of aromatic nitrogens is 2. The van der Waals surface area contributed by atoms with Crippen molar-refractivity contribution in [3.8, 4) is 0 Å². The van der Waals surface area contributed by atoms with E-state index in [2.05, 4.69) is 19.8 Å². The van der Waals surface area contributed by atoms with Crippen LogP contribution in [0.3, 0.4) is 0 Å². The summed E-state index contributed by atoms with van der Waals surface area (Å²) < 4.78 is 5.74. The molecule has 0 radical (unpaired) electrons. The second kappa shape index (κ2) is 7.15. The number of hydrogen-bond donors (Lipinski definition) is 1. The zero-order chi connectivity index (χ0) is 19.1. The number of morpholine rings is 1. The maximum atomic E-state index is 13.1. The van der Waals surface area contributed by atoms with Crippen molar-refractivity contribution in [1.82, 2.24) is 24.7 Å². The topological polar surface area (TPSA) is 64.7 Å². The molecule has 1 N–H and O–H groups in total. The zero-order valence-electron chi connectivity index (χ0n) is 15.7. The van der Waals surface area contributed by atoms with Crippen molar-refractivity contribution in [2.45, 2.75) is 18.1 Å². The first-order chi connectivity index (χ1) is 13.6. The highest BCUT2D eigenvalue weighted by atomic mass is 35.5. The number of imidazole rings is 1. The number of H-pyrrole nitrogens is 1. The van der Waals surface area contributed by atoms with Gasteiger partial charge in [-0.05, 0) is 24.3 Å². The molecule has 1 spiro atoms. The van der Waals surface area contributed by atoms with E-state index >= 15 is 0 Å². The number of aromatic amines is 1. The Morgan fingerprint density at radius 3 is 2.86 bits per heavy atom. The first-order valence-corrected chi connectivity index (χ1v) is 10.1. The van der Waals surface area contributed by atoms with Gasteiger partial charge in [-0.1, -0.05) is 11.6 Å².